The van der Waals surface area contributed by atoms with Gasteiger partial charge >= 0.3 is 5.88 Å². The first-order valence-electron chi connectivity index (χ1n) is 5.39. The molecule has 0 aliphatic carbocycles. The molecule has 2 rings (SSSR count). The van der Waals surface area contributed by atoms with E-state index in [0.29, 0.717) is 0 Å². The molecule has 0 radical (unpaired) electrons. The molecule has 0 atom stereocenters. The van der Waals surface area contributed by atoms with Gasteiger partial charge in [-0.25, -0.2) is 4.39 Å². The van der Waals surface area contributed by atoms with E-state index in [1.54, 1.807) is 0 Å². The zero-order chi connectivity index (χ0) is 14.7. The first-order valence-corrected chi connectivity index (χ1v) is 5.39. The van der Waals surface area contributed by atoms with E-state index in [0.717, 1.165) is 18.2 Å². The summed E-state index contributed by atoms with van der Waals surface area (Å²) in [5, 5.41) is 23.7. The largest absolute Gasteiger partial charge is 0.433 e. The van der Waals surface area contributed by atoms with Crippen molar-refractivity contribution in [1.29, 1.82) is 0 Å². The molecule has 0 amide bonds. The zero-order valence-electron chi connectivity index (χ0n) is 9.91. The van der Waals surface area contributed by atoms with Crippen molar-refractivity contribution in [3.05, 3.63) is 62.1 Å². The standard InChI is InChI=1S/C11H8FN3O5/c12-8-2-1-3-9(14(16)17)11(8)13-6-7-4-5-10(20-7)15(18)19/h1-5,13H,6H2. The van der Waals surface area contributed by atoms with Gasteiger partial charge in [0.25, 0.3) is 5.69 Å². The summed E-state index contributed by atoms with van der Waals surface area (Å²) in [6, 6.07) is 5.91. The first kappa shape index (κ1) is 13.5. The van der Waals surface area contributed by atoms with E-state index in [-0.39, 0.29) is 18.0 Å². The van der Waals surface area contributed by atoms with Crippen LogP contribution in [0.4, 0.5) is 21.6 Å². The number of anilines is 1. The van der Waals surface area contributed by atoms with Crippen LogP contribution in [0.1, 0.15) is 5.76 Å². The number of halogens is 1. The predicted octanol–water partition coefficient (Wildman–Crippen LogP) is 2.85. The van der Waals surface area contributed by atoms with Gasteiger partial charge in [-0.3, -0.25) is 20.2 Å². The Bertz CT molecular complexity index is 670. The molecule has 0 aliphatic rings. The maximum Gasteiger partial charge on any atom is 0.433 e. The molecule has 20 heavy (non-hydrogen) atoms. The van der Waals surface area contributed by atoms with Gasteiger partial charge in [-0.1, -0.05) is 6.07 Å². The van der Waals surface area contributed by atoms with Gasteiger partial charge in [0.15, 0.2) is 5.82 Å². The van der Waals surface area contributed by atoms with Crippen molar-refractivity contribution < 1.29 is 18.7 Å². The lowest BCUT2D eigenvalue weighted by atomic mass is 10.2. The Kier molecular flexibility index (Phi) is 3.60. The number of nitrogens with one attached hydrogen (secondary N) is 1. The van der Waals surface area contributed by atoms with Gasteiger partial charge in [-0.05, 0) is 12.1 Å². The number of furan rings is 1. The molecule has 9 heteroatoms. The number of nitrogens with zero attached hydrogens (tertiary/aromatic N) is 2. The molecule has 0 saturated heterocycles. The summed E-state index contributed by atoms with van der Waals surface area (Å²) < 4.78 is 18.4. The van der Waals surface area contributed by atoms with Crippen LogP contribution in [-0.4, -0.2) is 9.85 Å². The molecular formula is C11H8FN3O5. The van der Waals surface area contributed by atoms with E-state index < -0.39 is 27.2 Å². The molecule has 1 N–H and O–H groups in total. The Labute approximate surface area is 111 Å². The van der Waals surface area contributed by atoms with Gasteiger partial charge in [-0.15, -0.1) is 0 Å². The van der Waals surface area contributed by atoms with Crippen LogP contribution in [0.15, 0.2) is 34.7 Å². The minimum absolute atomic E-state index is 0.115. The summed E-state index contributed by atoms with van der Waals surface area (Å²) in [5.74, 6) is -1.08. The molecule has 0 aliphatic heterocycles. The number of rotatable bonds is 5. The normalized spacial score (nSPS) is 10.2. The lowest BCUT2D eigenvalue weighted by Crippen LogP contribution is -2.04. The smallest absolute Gasteiger partial charge is 0.404 e. The second-order valence-electron chi connectivity index (χ2n) is 3.74. The average molecular weight is 281 g/mol. The van der Waals surface area contributed by atoms with E-state index in [4.69, 9.17) is 4.42 Å². The van der Waals surface area contributed by atoms with Crippen LogP contribution in [0.5, 0.6) is 0 Å². The van der Waals surface area contributed by atoms with Crippen LogP contribution in [0.3, 0.4) is 0 Å². The Morgan fingerprint density at radius 1 is 1.15 bits per heavy atom. The Hall–Kier alpha value is -2.97. The third-order valence-corrected chi connectivity index (χ3v) is 2.46. The number of para-hydroxylation sites is 1. The van der Waals surface area contributed by atoms with Gasteiger partial charge in [0, 0.05) is 6.07 Å². The highest BCUT2D eigenvalue weighted by Gasteiger charge is 2.18. The van der Waals surface area contributed by atoms with Crippen LogP contribution in [0.25, 0.3) is 0 Å². The number of nitro groups is 2. The molecule has 1 aromatic carbocycles. The molecule has 2 aromatic rings. The monoisotopic (exact) mass is 281 g/mol. The predicted molar refractivity (Wildman–Crippen MR) is 65.7 cm³/mol. The quantitative estimate of drug-likeness (QED) is 0.666. The van der Waals surface area contributed by atoms with E-state index in [1.807, 2.05) is 0 Å². The Balaban J connectivity index is 2.18. The zero-order valence-corrected chi connectivity index (χ0v) is 9.91. The molecule has 1 aromatic heterocycles. The molecular weight excluding hydrogens is 273 g/mol. The van der Waals surface area contributed by atoms with Gasteiger partial charge < -0.3 is 9.73 Å². The summed E-state index contributed by atoms with van der Waals surface area (Å²) in [6.07, 6.45) is 0. The lowest BCUT2D eigenvalue weighted by Gasteiger charge is -2.06. The maximum atomic E-state index is 13.5. The van der Waals surface area contributed by atoms with E-state index in [2.05, 4.69) is 5.32 Å². The van der Waals surface area contributed by atoms with Crippen molar-refractivity contribution in [3.63, 3.8) is 0 Å². The van der Waals surface area contributed by atoms with Crippen molar-refractivity contribution >= 4 is 17.3 Å². The molecule has 8 nitrogen and oxygen atoms in total. The van der Waals surface area contributed by atoms with Crippen molar-refractivity contribution in [2.45, 2.75) is 6.54 Å². The fourth-order valence-electron chi connectivity index (χ4n) is 1.58. The number of benzene rings is 1. The molecule has 0 spiro atoms. The topological polar surface area (TPSA) is 111 Å². The van der Waals surface area contributed by atoms with Gasteiger partial charge in [0.2, 0.25) is 0 Å². The molecule has 104 valence electrons. The number of hydrogen-bond acceptors (Lipinski definition) is 6. The maximum absolute atomic E-state index is 13.5. The molecule has 0 saturated carbocycles. The van der Waals surface area contributed by atoms with Crippen molar-refractivity contribution in [1.82, 2.24) is 0 Å². The lowest BCUT2D eigenvalue weighted by molar-refractivity contribution is -0.402. The molecule has 0 bridgehead atoms. The Morgan fingerprint density at radius 2 is 1.90 bits per heavy atom. The minimum Gasteiger partial charge on any atom is -0.404 e. The fourth-order valence-corrected chi connectivity index (χ4v) is 1.58. The summed E-state index contributed by atoms with van der Waals surface area (Å²) in [5.41, 5.74) is -0.720. The molecule has 0 unspecified atom stereocenters. The second kappa shape index (κ2) is 5.34. The van der Waals surface area contributed by atoms with Crippen molar-refractivity contribution in [2.75, 3.05) is 5.32 Å². The van der Waals surface area contributed by atoms with Crippen LogP contribution >= 0.6 is 0 Å². The van der Waals surface area contributed by atoms with E-state index >= 15 is 0 Å². The summed E-state index contributed by atoms with van der Waals surface area (Å²) in [4.78, 5) is 19.8. The van der Waals surface area contributed by atoms with Crippen molar-refractivity contribution in [2.24, 2.45) is 0 Å². The third kappa shape index (κ3) is 2.71. The van der Waals surface area contributed by atoms with E-state index in [9.17, 15) is 24.6 Å². The van der Waals surface area contributed by atoms with Crippen LogP contribution in [-0.2, 0) is 6.54 Å². The van der Waals surface area contributed by atoms with Crippen LogP contribution in [0.2, 0.25) is 0 Å². The summed E-state index contributed by atoms with van der Waals surface area (Å²) >= 11 is 0. The van der Waals surface area contributed by atoms with Crippen LogP contribution in [0, 0.1) is 26.0 Å². The summed E-state index contributed by atoms with van der Waals surface area (Å²) in [6.45, 7) is -0.115. The molecule has 1 heterocycles. The highest BCUT2D eigenvalue weighted by atomic mass is 19.1. The van der Waals surface area contributed by atoms with Crippen molar-refractivity contribution in [3.8, 4) is 0 Å². The minimum atomic E-state index is -0.791. The van der Waals surface area contributed by atoms with Gasteiger partial charge in [-0.2, -0.15) is 0 Å². The second-order valence-corrected chi connectivity index (χ2v) is 3.74. The number of nitro benzene ring substituents is 1. The highest BCUT2D eigenvalue weighted by molar-refractivity contribution is 5.62. The SMILES string of the molecule is O=[N+]([O-])c1ccc(CNc2c(F)cccc2[N+](=O)[O-])o1. The average Bonchev–Trinajstić information content (AvgIpc) is 2.86. The fraction of sp³-hybridized carbons (Fsp3) is 0.0909. The first-order chi connectivity index (χ1) is 9.49. The highest BCUT2D eigenvalue weighted by Crippen LogP contribution is 2.27. The third-order valence-electron chi connectivity index (χ3n) is 2.46. The van der Waals surface area contributed by atoms with Crippen LogP contribution < -0.4 is 5.32 Å². The van der Waals surface area contributed by atoms with Gasteiger partial charge in [0.05, 0.1) is 17.5 Å². The number of hydrogen-bond donors (Lipinski definition) is 1. The Morgan fingerprint density at radius 3 is 2.50 bits per heavy atom. The summed E-state index contributed by atoms with van der Waals surface area (Å²) in [7, 11) is 0. The van der Waals surface area contributed by atoms with Gasteiger partial charge in [0.1, 0.15) is 16.4 Å². The van der Waals surface area contributed by atoms with E-state index in [1.165, 1.54) is 12.1 Å². The molecule has 0 fully saturated rings.